The predicted molar refractivity (Wildman–Crippen MR) is 74.5 cm³/mol. The van der Waals surface area contributed by atoms with Gasteiger partial charge in [0.25, 0.3) is 0 Å². The van der Waals surface area contributed by atoms with Gasteiger partial charge in [-0.2, -0.15) is 0 Å². The Morgan fingerprint density at radius 3 is 2.40 bits per heavy atom. The molecule has 0 spiro atoms. The topological polar surface area (TPSA) is 70.2 Å². The molecule has 6 heteroatoms. The van der Waals surface area contributed by atoms with Gasteiger partial charge in [0.1, 0.15) is 5.82 Å². The summed E-state index contributed by atoms with van der Waals surface area (Å²) in [6.45, 7) is 4.40. The maximum absolute atomic E-state index is 13.3. The summed E-state index contributed by atoms with van der Waals surface area (Å²) in [6, 6.07) is 5.86. The summed E-state index contributed by atoms with van der Waals surface area (Å²) in [5.41, 5.74) is 0.427. The molecule has 0 unspecified atom stereocenters. The number of urea groups is 1. The lowest BCUT2D eigenvalue weighted by Crippen LogP contribution is -2.40. The van der Waals surface area contributed by atoms with Crippen LogP contribution in [0.3, 0.4) is 0 Å². The summed E-state index contributed by atoms with van der Waals surface area (Å²) in [5.74, 6) is -0.486. The molecule has 0 aliphatic carbocycles. The van der Waals surface area contributed by atoms with Crippen molar-refractivity contribution in [1.29, 1.82) is 0 Å². The molecule has 110 valence electrons. The Morgan fingerprint density at radius 2 is 1.75 bits per heavy atom. The molecule has 0 saturated carbocycles. The van der Waals surface area contributed by atoms with E-state index in [1.54, 1.807) is 32.0 Å². The van der Waals surface area contributed by atoms with E-state index in [1.807, 2.05) is 0 Å². The average Bonchev–Trinajstić information content (AvgIpc) is 2.42. The Balaban J connectivity index is 2.18. The van der Waals surface area contributed by atoms with E-state index in [0.717, 1.165) is 0 Å². The minimum absolute atomic E-state index is 0.0569. The van der Waals surface area contributed by atoms with Crippen LogP contribution in [0.4, 0.5) is 9.18 Å². The molecule has 0 bridgehead atoms. The quantitative estimate of drug-likeness (QED) is 0.690. The molecule has 1 aromatic rings. The lowest BCUT2D eigenvalue weighted by Gasteiger charge is -2.10. The van der Waals surface area contributed by atoms with E-state index < -0.39 is 6.03 Å². The zero-order valence-corrected chi connectivity index (χ0v) is 11.7. The highest BCUT2D eigenvalue weighted by Gasteiger charge is 2.06. The van der Waals surface area contributed by atoms with Gasteiger partial charge in [0.2, 0.25) is 5.91 Å². The van der Waals surface area contributed by atoms with Crippen LogP contribution in [-0.2, 0) is 11.3 Å². The van der Waals surface area contributed by atoms with Crippen molar-refractivity contribution in [3.05, 3.63) is 35.6 Å². The number of halogens is 1. The summed E-state index contributed by atoms with van der Waals surface area (Å²) in [5, 5.41) is 7.81. The maximum Gasteiger partial charge on any atom is 0.315 e. The minimum atomic E-state index is -0.396. The van der Waals surface area contributed by atoms with Crippen molar-refractivity contribution in [1.82, 2.24) is 16.0 Å². The van der Waals surface area contributed by atoms with Gasteiger partial charge in [0.05, 0.1) is 0 Å². The monoisotopic (exact) mass is 281 g/mol. The van der Waals surface area contributed by atoms with Crippen LogP contribution in [0.25, 0.3) is 0 Å². The molecule has 0 atom stereocenters. The van der Waals surface area contributed by atoms with Gasteiger partial charge in [0, 0.05) is 31.1 Å². The van der Waals surface area contributed by atoms with Crippen LogP contribution in [0.2, 0.25) is 0 Å². The van der Waals surface area contributed by atoms with Crippen LogP contribution in [0.5, 0.6) is 0 Å². The number of benzene rings is 1. The second-order valence-electron chi connectivity index (χ2n) is 4.65. The first kappa shape index (κ1) is 15.9. The zero-order chi connectivity index (χ0) is 15.0. The Kier molecular flexibility index (Phi) is 6.49. The molecule has 0 aliphatic heterocycles. The molecule has 1 rings (SSSR count). The third kappa shape index (κ3) is 5.69. The van der Waals surface area contributed by atoms with Crippen molar-refractivity contribution >= 4 is 11.9 Å². The largest absolute Gasteiger partial charge is 0.354 e. The van der Waals surface area contributed by atoms with Crippen LogP contribution in [0, 0.1) is 11.7 Å². The molecule has 1 aromatic carbocycles. The smallest absolute Gasteiger partial charge is 0.315 e. The van der Waals surface area contributed by atoms with Crippen LogP contribution in [0.15, 0.2) is 24.3 Å². The van der Waals surface area contributed by atoms with Gasteiger partial charge >= 0.3 is 6.03 Å². The van der Waals surface area contributed by atoms with Crippen molar-refractivity contribution in [2.45, 2.75) is 20.4 Å². The van der Waals surface area contributed by atoms with Gasteiger partial charge in [-0.25, -0.2) is 9.18 Å². The molecule has 0 heterocycles. The molecule has 20 heavy (non-hydrogen) atoms. The summed E-state index contributed by atoms with van der Waals surface area (Å²) in [7, 11) is 0. The van der Waals surface area contributed by atoms with E-state index in [2.05, 4.69) is 16.0 Å². The molecule has 0 aliphatic rings. The molecule has 0 fully saturated rings. The SMILES string of the molecule is CC(C)C(=O)NCCNC(=O)NCc1ccccc1F. The third-order valence-electron chi connectivity index (χ3n) is 2.63. The number of rotatable bonds is 6. The standard InChI is InChI=1S/C14H20FN3O2/c1-10(2)13(19)16-7-8-17-14(20)18-9-11-5-3-4-6-12(11)15/h3-6,10H,7-9H2,1-2H3,(H,16,19)(H2,17,18,20). The van der Waals surface area contributed by atoms with Crippen LogP contribution < -0.4 is 16.0 Å². The predicted octanol–water partition coefficient (Wildman–Crippen LogP) is 1.40. The van der Waals surface area contributed by atoms with Gasteiger partial charge in [-0.15, -0.1) is 0 Å². The van der Waals surface area contributed by atoms with Crippen LogP contribution >= 0.6 is 0 Å². The van der Waals surface area contributed by atoms with Crippen molar-refractivity contribution in [3.63, 3.8) is 0 Å². The fourth-order valence-electron chi connectivity index (χ4n) is 1.45. The summed E-state index contributed by atoms with van der Waals surface area (Å²) < 4.78 is 13.3. The summed E-state index contributed by atoms with van der Waals surface area (Å²) in [6.07, 6.45) is 0. The number of hydrogen-bond acceptors (Lipinski definition) is 2. The lowest BCUT2D eigenvalue weighted by molar-refractivity contribution is -0.123. The normalized spacial score (nSPS) is 10.2. The van der Waals surface area contributed by atoms with E-state index >= 15 is 0 Å². The molecule has 0 radical (unpaired) electrons. The lowest BCUT2D eigenvalue weighted by atomic mass is 10.2. The zero-order valence-electron chi connectivity index (χ0n) is 11.7. The number of hydrogen-bond donors (Lipinski definition) is 3. The van der Waals surface area contributed by atoms with Crippen LogP contribution in [0.1, 0.15) is 19.4 Å². The highest BCUT2D eigenvalue weighted by Crippen LogP contribution is 2.05. The molecular weight excluding hydrogens is 261 g/mol. The first-order chi connectivity index (χ1) is 9.50. The van der Waals surface area contributed by atoms with Crippen LogP contribution in [-0.4, -0.2) is 25.0 Å². The number of carbonyl (C=O) groups excluding carboxylic acids is 2. The van der Waals surface area contributed by atoms with Gasteiger partial charge in [-0.05, 0) is 6.07 Å². The number of nitrogens with one attached hydrogen (secondary N) is 3. The van der Waals surface area contributed by atoms with Crippen molar-refractivity contribution in [2.24, 2.45) is 5.92 Å². The second kappa shape index (κ2) is 8.14. The minimum Gasteiger partial charge on any atom is -0.354 e. The molecular formula is C14H20FN3O2. The Labute approximate surface area is 117 Å². The molecule has 0 saturated heterocycles. The van der Waals surface area contributed by atoms with Gasteiger partial charge in [-0.1, -0.05) is 32.0 Å². The molecule has 3 N–H and O–H groups in total. The van der Waals surface area contributed by atoms with Gasteiger partial charge < -0.3 is 16.0 Å². The highest BCUT2D eigenvalue weighted by molar-refractivity contribution is 5.78. The van der Waals surface area contributed by atoms with E-state index in [0.29, 0.717) is 18.7 Å². The van der Waals surface area contributed by atoms with Gasteiger partial charge in [0.15, 0.2) is 0 Å². The van der Waals surface area contributed by atoms with Crippen molar-refractivity contribution < 1.29 is 14.0 Å². The first-order valence-electron chi connectivity index (χ1n) is 6.53. The Morgan fingerprint density at radius 1 is 1.10 bits per heavy atom. The number of amides is 3. The fourth-order valence-corrected chi connectivity index (χ4v) is 1.45. The molecule has 5 nitrogen and oxygen atoms in total. The Bertz CT molecular complexity index is 463. The first-order valence-corrected chi connectivity index (χ1v) is 6.53. The second-order valence-corrected chi connectivity index (χ2v) is 4.65. The van der Waals surface area contributed by atoms with E-state index in [4.69, 9.17) is 0 Å². The Hall–Kier alpha value is -2.11. The maximum atomic E-state index is 13.3. The van der Waals surface area contributed by atoms with E-state index in [-0.39, 0.29) is 24.2 Å². The molecule has 3 amide bonds. The number of carbonyl (C=O) groups is 2. The molecule has 0 aromatic heterocycles. The average molecular weight is 281 g/mol. The highest BCUT2D eigenvalue weighted by atomic mass is 19.1. The summed E-state index contributed by atoms with van der Waals surface area (Å²) in [4.78, 5) is 22.7. The van der Waals surface area contributed by atoms with Crippen molar-refractivity contribution in [2.75, 3.05) is 13.1 Å². The summed E-state index contributed by atoms with van der Waals surface area (Å²) >= 11 is 0. The third-order valence-corrected chi connectivity index (χ3v) is 2.63. The van der Waals surface area contributed by atoms with Crippen molar-refractivity contribution in [3.8, 4) is 0 Å². The van der Waals surface area contributed by atoms with Gasteiger partial charge in [-0.3, -0.25) is 4.79 Å². The van der Waals surface area contributed by atoms with E-state index in [9.17, 15) is 14.0 Å². The fraction of sp³-hybridized carbons (Fsp3) is 0.429. The van der Waals surface area contributed by atoms with E-state index in [1.165, 1.54) is 6.07 Å².